The van der Waals surface area contributed by atoms with Crippen LogP contribution in [0, 0.1) is 0 Å². The van der Waals surface area contributed by atoms with Crippen molar-refractivity contribution in [2.75, 3.05) is 39.1 Å². The third kappa shape index (κ3) is 4.00. The van der Waals surface area contributed by atoms with Gasteiger partial charge in [-0.2, -0.15) is 0 Å². The van der Waals surface area contributed by atoms with E-state index < -0.39 is 9.84 Å². The van der Waals surface area contributed by atoms with Gasteiger partial charge in [0.1, 0.15) is 0 Å². The van der Waals surface area contributed by atoms with Crippen LogP contribution in [0.4, 0.5) is 0 Å². The van der Waals surface area contributed by atoms with Crippen LogP contribution in [0.3, 0.4) is 0 Å². The second kappa shape index (κ2) is 7.11. The normalized spacial score (nSPS) is 17.5. The molecule has 2 aromatic rings. The summed E-state index contributed by atoms with van der Waals surface area (Å²) in [6.07, 6.45) is 2.67. The molecule has 1 aliphatic rings. The van der Waals surface area contributed by atoms with E-state index in [9.17, 15) is 13.2 Å². The lowest BCUT2D eigenvalue weighted by atomic mass is 10.2. The number of nitrogens with one attached hydrogen (secondary N) is 1. The van der Waals surface area contributed by atoms with Crippen molar-refractivity contribution >= 4 is 21.3 Å². The molecule has 1 saturated heterocycles. The zero-order valence-electron chi connectivity index (χ0n) is 14.3. The molecule has 2 aromatic heterocycles. The smallest absolute Gasteiger partial charge is 0.272 e. The van der Waals surface area contributed by atoms with Crippen molar-refractivity contribution in [3.63, 3.8) is 0 Å². The first kappa shape index (κ1) is 17.8. The van der Waals surface area contributed by atoms with Crippen LogP contribution in [0.15, 0.2) is 29.6 Å². The molecule has 0 spiro atoms. The predicted octanol–water partition coefficient (Wildman–Crippen LogP) is 0.188. The number of hydrogen-bond acceptors (Lipinski definition) is 6. The van der Waals surface area contributed by atoms with E-state index in [0.717, 1.165) is 19.3 Å². The summed E-state index contributed by atoms with van der Waals surface area (Å²) in [5.74, 6) is -0.376. The Balaban J connectivity index is 1.80. The van der Waals surface area contributed by atoms with E-state index in [2.05, 4.69) is 15.2 Å². The third-order valence-corrected chi connectivity index (χ3v) is 5.03. The summed E-state index contributed by atoms with van der Waals surface area (Å²) in [5, 5.41) is 2.78. The van der Waals surface area contributed by atoms with E-state index in [0.29, 0.717) is 25.3 Å². The molecule has 0 bridgehead atoms. The van der Waals surface area contributed by atoms with Gasteiger partial charge >= 0.3 is 0 Å². The fourth-order valence-electron chi connectivity index (χ4n) is 2.95. The lowest BCUT2D eigenvalue weighted by Gasteiger charge is -2.29. The maximum absolute atomic E-state index is 12.6. The molecule has 3 heterocycles. The molecule has 1 N–H and O–H groups in total. The highest BCUT2D eigenvalue weighted by Gasteiger charge is 2.24. The standard InChI is InChI=1S/C16H22N4O4S/c1-12(11-19-7-9-24-10-8-19)17-15(21)14-13-5-3-4-6-20(13)16(18-14)25(2,22)23/h3-6,12H,7-11H2,1-2H3,(H,17,21). The van der Waals surface area contributed by atoms with Gasteiger partial charge in [0.05, 0.1) is 18.7 Å². The number of nitrogens with zero attached hydrogens (tertiary/aromatic N) is 3. The van der Waals surface area contributed by atoms with Crippen LogP contribution < -0.4 is 5.32 Å². The van der Waals surface area contributed by atoms with E-state index in [1.54, 1.807) is 24.4 Å². The van der Waals surface area contributed by atoms with Gasteiger partial charge in [0, 0.05) is 38.1 Å². The Morgan fingerprint density at radius 2 is 2.08 bits per heavy atom. The largest absolute Gasteiger partial charge is 0.379 e. The average molecular weight is 366 g/mol. The van der Waals surface area contributed by atoms with Gasteiger partial charge in [0.25, 0.3) is 5.91 Å². The van der Waals surface area contributed by atoms with Crippen LogP contribution in [-0.4, -0.2) is 73.8 Å². The minimum atomic E-state index is -3.54. The first-order valence-corrected chi connectivity index (χ1v) is 10.0. The Bertz CT molecular complexity index is 871. The predicted molar refractivity (Wildman–Crippen MR) is 92.5 cm³/mol. The minimum absolute atomic E-state index is 0.0901. The lowest BCUT2D eigenvalue weighted by Crippen LogP contribution is -2.46. The number of sulfone groups is 1. The third-order valence-electron chi connectivity index (χ3n) is 4.08. The summed E-state index contributed by atoms with van der Waals surface area (Å²) in [5.41, 5.74) is 0.592. The van der Waals surface area contributed by atoms with Crippen LogP contribution in [0.25, 0.3) is 5.52 Å². The number of hydrogen-bond donors (Lipinski definition) is 1. The molecule has 1 unspecified atom stereocenters. The van der Waals surface area contributed by atoms with Crippen LogP contribution in [0.1, 0.15) is 17.4 Å². The number of fused-ring (bicyclic) bond motifs is 1. The Morgan fingerprint density at radius 3 is 2.76 bits per heavy atom. The van der Waals surface area contributed by atoms with E-state index in [-0.39, 0.29) is 22.8 Å². The first-order valence-electron chi connectivity index (χ1n) is 8.14. The van der Waals surface area contributed by atoms with Gasteiger partial charge in [-0.15, -0.1) is 0 Å². The molecule has 8 nitrogen and oxygen atoms in total. The number of ether oxygens (including phenoxy) is 1. The number of imidazole rings is 1. The topological polar surface area (TPSA) is 93.0 Å². The number of morpholine rings is 1. The molecular formula is C16H22N4O4S. The van der Waals surface area contributed by atoms with Crippen LogP contribution >= 0.6 is 0 Å². The van der Waals surface area contributed by atoms with Gasteiger partial charge in [-0.25, -0.2) is 13.4 Å². The number of aromatic nitrogens is 2. The molecule has 0 radical (unpaired) electrons. The highest BCUT2D eigenvalue weighted by Crippen LogP contribution is 2.17. The van der Waals surface area contributed by atoms with Crippen LogP contribution in [-0.2, 0) is 14.6 Å². The molecule has 3 rings (SSSR count). The van der Waals surface area contributed by atoms with Crippen molar-refractivity contribution in [1.82, 2.24) is 19.6 Å². The van der Waals surface area contributed by atoms with Crippen LogP contribution in [0.5, 0.6) is 0 Å². The molecule has 136 valence electrons. The highest BCUT2D eigenvalue weighted by atomic mass is 32.2. The first-order chi connectivity index (χ1) is 11.9. The number of carbonyl (C=O) groups excluding carboxylic acids is 1. The second-order valence-electron chi connectivity index (χ2n) is 6.26. The molecule has 0 aromatic carbocycles. The van der Waals surface area contributed by atoms with E-state index in [1.165, 1.54) is 4.40 Å². The Labute approximate surface area is 146 Å². The molecule has 0 saturated carbocycles. The molecule has 9 heteroatoms. The van der Waals surface area contributed by atoms with Gasteiger partial charge in [-0.05, 0) is 19.1 Å². The Morgan fingerprint density at radius 1 is 1.36 bits per heavy atom. The van der Waals surface area contributed by atoms with Crippen molar-refractivity contribution in [2.45, 2.75) is 18.1 Å². The summed E-state index contributed by atoms with van der Waals surface area (Å²) in [4.78, 5) is 18.9. The molecule has 1 aliphatic heterocycles. The molecule has 1 fully saturated rings. The number of rotatable bonds is 5. The summed E-state index contributed by atoms with van der Waals surface area (Å²) < 4.78 is 30.6. The van der Waals surface area contributed by atoms with Gasteiger partial charge in [0.15, 0.2) is 5.69 Å². The van der Waals surface area contributed by atoms with Crippen molar-refractivity contribution in [1.29, 1.82) is 0 Å². The molecule has 1 atom stereocenters. The zero-order chi connectivity index (χ0) is 18.0. The molecule has 25 heavy (non-hydrogen) atoms. The summed E-state index contributed by atoms with van der Waals surface area (Å²) >= 11 is 0. The summed E-state index contributed by atoms with van der Waals surface area (Å²) in [6, 6.07) is 5.04. The quantitative estimate of drug-likeness (QED) is 0.812. The fourth-order valence-corrected chi connectivity index (χ4v) is 3.72. The monoisotopic (exact) mass is 366 g/mol. The van der Waals surface area contributed by atoms with Crippen molar-refractivity contribution in [3.8, 4) is 0 Å². The molecule has 1 amide bonds. The maximum Gasteiger partial charge on any atom is 0.272 e. The summed E-state index contributed by atoms with van der Waals surface area (Å²) in [7, 11) is -3.54. The number of carbonyl (C=O) groups is 1. The van der Waals surface area contributed by atoms with Gasteiger partial charge in [-0.3, -0.25) is 14.1 Å². The van der Waals surface area contributed by atoms with Gasteiger partial charge < -0.3 is 10.1 Å². The van der Waals surface area contributed by atoms with Gasteiger partial charge in [0.2, 0.25) is 15.0 Å². The number of amides is 1. The Hall–Kier alpha value is -1.97. The molecule has 0 aliphatic carbocycles. The summed E-state index contributed by atoms with van der Waals surface area (Å²) in [6.45, 7) is 5.70. The van der Waals surface area contributed by atoms with Crippen molar-refractivity contribution in [2.24, 2.45) is 0 Å². The SMILES string of the molecule is CC(CN1CCOCC1)NC(=O)c1nc(S(C)(=O)=O)n2ccccc12. The van der Waals surface area contributed by atoms with Crippen molar-refractivity contribution in [3.05, 3.63) is 30.1 Å². The second-order valence-corrected chi connectivity index (χ2v) is 8.17. The molecular weight excluding hydrogens is 344 g/mol. The van der Waals surface area contributed by atoms with E-state index in [1.807, 2.05) is 6.92 Å². The fraction of sp³-hybridized carbons (Fsp3) is 0.500. The van der Waals surface area contributed by atoms with E-state index in [4.69, 9.17) is 4.74 Å². The Kier molecular flexibility index (Phi) is 5.07. The average Bonchev–Trinajstić information content (AvgIpc) is 2.95. The van der Waals surface area contributed by atoms with Crippen LogP contribution in [0.2, 0.25) is 0 Å². The lowest BCUT2D eigenvalue weighted by molar-refractivity contribution is 0.0342. The maximum atomic E-state index is 12.6. The zero-order valence-corrected chi connectivity index (χ0v) is 15.1. The van der Waals surface area contributed by atoms with Crippen molar-refractivity contribution < 1.29 is 17.9 Å². The highest BCUT2D eigenvalue weighted by molar-refractivity contribution is 7.90. The van der Waals surface area contributed by atoms with Gasteiger partial charge in [-0.1, -0.05) is 6.07 Å². The minimum Gasteiger partial charge on any atom is -0.379 e. The number of pyridine rings is 1. The van der Waals surface area contributed by atoms with E-state index >= 15 is 0 Å².